The Morgan fingerprint density at radius 2 is 2.04 bits per heavy atom. The molecule has 1 amide bonds. The summed E-state index contributed by atoms with van der Waals surface area (Å²) in [5.41, 5.74) is -0.543. The second-order valence-electron chi connectivity index (χ2n) is 6.54. The molecule has 0 unspecified atom stereocenters. The van der Waals surface area contributed by atoms with Crippen molar-refractivity contribution >= 4 is 45.6 Å². The standard InChI is InChI=1S/C17H20IN3O5/c1-17(2,3)26-16(24)19-8-13(15(23)25-4)21-9-20-12-7-10(18)5-6-11(12)14(21)22/h5-7,9,13H,8H2,1-4H3,(H,19,24)/t13-/m0/s1. The smallest absolute Gasteiger partial charge is 0.407 e. The van der Waals surface area contributed by atoms with Crippen LogP contribution >= 0.6 is 22.6 Å². The van der Waals surface area contributed by atoms with Crippen LogP contribution in [0.25, 0.3) is 10.9 Å². The zero-order valence-electron chi connectivity index (χ0n) is 14.9. The Labute approximate surface area is 164 Å². The summed E-state index contributed by atoms with van der Waals surface area (Å²) in [6.07, 6.45) is 0.585. The summed E-state index contributed by atoms with van der Waals surface area (Å²) in [4.78, 5) is 41.0. The minimum Gasteiger partial charge on any atom is -0.467 e. The summed E-state index contributed by atoms with van der Waals surface area (Å²) < 4.78 is 12.0. The number of esters is 1. The highest BCUT2D eigenvalue weighted by Crippen LogP contribution is 2.14. The molecule has 9 heteroatoms. The monoisotopic (exact) mass is 473 g/mol. The second-order valence-corrected chi connectivity index (χ2v) is 7.79. The number of alkyl carbamates (subject to hydrolysis) is 1. The van der Waals surface area contributed by atoms with Crippen LogP contribution in [0.3, 0.4) is 0 Å². The average Bonchev–Trinajstić information content (AvgIpc) is 2.54. The molecule has 0 aliphatic carbocycles. The van der Waals surface area contributed by atoms with Gasteiger partial charge in [-0.15, -0.1) is 0 Å². The van der Waals surface area contributed by atoms with E-state index in [1.807, 2.05) is 0 Å². The van der Waals surface area contributed by atoms with Gasteiger partial charge in [0.1, 0.15) is 5.60 Å². The van der Waals surface area contributed by atoms with E-state index in [0.717, 1.165) is 8.14 Å². The number of nitrogens with zero attached hydrogens (tertiary/aromatic N) is 2. The lowest BCUT2D eigenvalue weighted by Crippen LogP contribution is -2.41. The first kappa shape index (κ1) is 20.1. The molecule has 1 atom stereocenters. The van der Waals surface area contributed by atoms with Gasteiger partial charge in [-0.25, -0.2) is 14.6 Å². The molecule has 140 valence electrons. The maximum absolute atomic E-state index is 12.7. The quantitative estimate of drug-likeness (QED) is 0.541. The lowest BCUT2D eigenvalue weighted by molar-refractivity contribution is -0.144. The van der Waals surface area contributed by atoms with Gasteiger partial charge in [0.2, 0.25) is 0 Å². The number of aromatic nitrogens is 2. The third kappa shape index (κ3) is 4.93. The van der Waals surface area contributed by atoms with Gasteiger partial charge in [0.15, 0.2) is 6.04 Å². The Kier molecular flexibility index (Phi) is 6.21. The minimum atomic E-state index is -1.06. The molecule has 1 aromatic carbocycles. The van der Waals surface area contributed by atoms with Gasteiger partial charge in [-0.1, -0.05) is 0 Å². The number of methoxy groups -OCH3 is 1. The van der Waals surface area contributed by atoms with Gasteiger partial charge in [-0.3, -0.25) is 9.36 Å². The van der Waals surface area contributed by atoms with E-state index in [4.69, 9.17) is 9.47 Å². The van der Waals surface area contributed by atoms with Crippen LogP contribution in [0, 0.1) is 3.57 Å². The number of rotatable bonds is 4. The van der Waals surface area contributed by atoms with Crippen LogP contribution in [-0.4, -0.2) is 40.9 Å². The molecule has 2 aromatic rings. The van der Waals surface area contributed by atoms with Gasteiger partial charge in [0.25, 0.3) is 5.56 Å². The molecule has 1 aromatic heterocycles. The molecule has 0 spiro atoms. The van der Waals surface area contributed by atoms with Crippen LogP contribution in [0.15, 0.2) is 29.3 Å². The van der Waals surface area contributed by atoms with E-state index in [9.17, 15) is 14.4 Å². The first-order chi connectivity index (χ1) is 12.1. The topological polar surface area (TPSA) is 99.5 Å². The zero-order valence-corrected chi connectivity index (χ0v) is 17.1. The lowest BCUT2D eigenvalue weighted by Gasteiger charge is -2.22. The van der Waals surface area contributed by atoms with Gasteiger partial charge < -0.3 is 14.8 Å². The number of hydrogen-bond acceptors (Lipinski definition) is 6. The van der Waals surface area contributed by atoms with Crippen molar-refractivity contribution in [2.45, 2.75) is 32.4 Å². The fraction of sp³-hybridized carbons (Fsp3) is 0.412. The van der Waals surface area contributed by atoms with Crippen molar-refractivity contribution in [3.63, 3.8) is 0 Å². The number of ether oxygens (including phenoxy) is 2. The highest BCUT2D eigenvalue weighted by Gasteiger charge is 2.25. The molecular weight excluding hydrogens is 453 g/mol. The number of carbonyl (C=O) groups is 2. The molecule has 0 radical (unpaired) electrons. The van der Waals surface area contributed by atoms with Crippen LogP contribution < -0.4 is 10.9 Å². The molecule has 0 bridgehead atoms. The van der Waals surface area contributed by atoms with Gasteiger partial charge in [0.05, 0.1) is 30.9 Å². The molecule has 1 N–H and O–H groups in total. The maximum atomic E-state index is 12.7. The summed E-state index contributed by atoms with van der Waals surface area (Å²) in [5.74, 6) is -0.671. The summed E-state index contributed by atoms with van der Waals surface area (Å²) in [6, 6.07) is 4.14. The van der Waals surface area contributed by atoms with Gasteiger partial charge >= 0.3 is 12.1 Å². The number of benzene rings is 1. The lowest BCUT2D eigenvalue weighted by atomic mass is 10.2. The van der Waals surface area contributed by atoms with Crippen molar-refractivity contribution in [2.75, 3.05) is 13.7 Å². The van der Waals surface area contributed by atoms with Crippen LogP contribution in [0.5, 0.6) is 0 Å². The van der Waals surface area contributed by atoms with E-state index in [0.29, 0.717) is 10.9 Å². The van der Waals surface area contributed by atoms with Crippen molar-refractivity contribution in [3.05, 3.63) is 38.5 Å². The molecule has 0 saturated carbocycles. The molecule has 0 aliphatic rings. The average molecular weight is 473 g/mol. The normalized spacial score (nSPS) is 12.5. The largest absolute Gasteiger partial charge is 0.467 e. The van der Waals surface area contributed by atoms with Crippen molar-refractivity contribution < 1.29 is 19.1 Å². The highest BCUT2D eigenvalue weighted by molar-refractivity contribution is 14.1. The fourth-order valence-corrected chi connectivity index (χ4v) is 2.73. The molecule has 0 saturated heterocycles. The van der Waals surface area contributed by atoms with Crippen LogP contribution in [0.2, 0.25) is 0 Å². The number of amides is 1. The number of hydrogen-bond donors (Lipinski definition) is 1. The molecule has 0 fully saturated rings. The summed E-state index contributed by atoms with van der Waals surface area (Å²) >= 11 is 2.12. The SMILES string of the molecule is COC(=O)[C@H](CNC(=O)OC(C)(C)C)n1cnc2cc(I)ccc2c1=O. The van der Waals surface area contributed by atoms with Crippen molar-refractivity contribution in [2.24, 2.45) is 0 Å². The summed E-state index contributed by atoms with van der Waals surface area (Å²) in [7, 11) is 1.21. The van der Waals surface area contributed by atoms with E-state index >= 15 is 0 Å². The highest BCUT2D eigenvalue weighted by atomic mass is 127. The first-order valence-corrected chi connectivity index (χ1v) is 8.91. The molecule has 1 heterocycles. The van der Waals surface area contributed by atoms with E-state index in [-0.39, 0.29) is 6.54 Å². The Balaban J connectivity index is 2.33. The number of nitrogens with one attached hydrogen (secondary N) is 1. The predicted octanol–water partition coefficient (Wildman–Crippen LogP) is 2.24. The number of halogens is 1. The van der Waals surface area contributed by atoms with Gasteiger partial charge in [-0.2, -0.15) is 0 Å². The molecule has 2 rings (SSSR count). The van der Waals surface area contributed by atoms with Crippen molar-refractivity contribution in [3.8, 4) is 0 Å². The van der Waals surface area contributed by atoms with Crippen LogP contribution in [0.1, 0.15) is 26.8 Å². The number of carbonyl (C=O) groups excluding carboxylic acids is 2. The van der Waals surface area contributed by atoms with Crippen LogP contribution in [-0.2, 0) is 14.3 Å². The minimum absolute atomic E-state index is 0.168. The van der Waals surface area contributed by atoms with Gasteiger partial charge in [0, 0.05) is 3.57 Å². The maximum Gasteiger partial charge on any atom is 0.407 e. The van der Waals surface area contributed by atoms with E-state index < -0.39 is 29.3 Å². The third-order valence-corrected chi connectivity index (χ3v) is 4.06. The predicted molar refractivity (Wildman–Crippen MR) is 104 cm³/mol. The van der Waals surface area contributed by atoms with Gasteiger partial charge in [-0.05, 0) is 61.6 Å². The Bertz CT molecular complexity index is 888. The molecule has 0 aliphatic heterocycles. The Hall–Kier alpha value is -2.17. The van der Waals surface area contributed by atoms with E-state index in [1.54, 1.807) is 39.0 Å². The third-order valence-electron chi connectivity index (χ3n) is 3.39. The molecule has 8 nitrogen and oxygen atoms in total. The van der Waals surface area contributed by atoms with E-state index in [1.165, 1.54) is 13.4 Å². The first-order valence-electron chi connectivity index (χ1n) is 7.83. The Morgan fingerprint density at radius 1 is 1.35 bits per heavy atom. The summed E-state index contributed by atoms with van der Waals surface area (Å²) in [5, 5.41) is 2.86. The summed E-state index contributed by atoms with van der Waals surface area (Å²) in [6.45, 7) is 5.01. The fourth-order valence-electron chi connectivity index (χ4n) is 2.26. The van der Waals surface area contributed by atoms with Crippen molar-refractivity contribution in [1.82, 2.24) is 14.9 Å². The van der Waals surface area contributed by atoms with Crippen LogP contribution in [0.4, 0.5) is 4.79 Å². The molecular formula is C17H20IN3O5. The van der Waals surface area contributed by atoms with Crippen molar-refractivity contribution in [1.29, 1.82) is 0 Å². The number of fused-ring (bicyclic) bond motifs is 1. The Morgan fingerprint density at radius 3 is 2.65 bits per heavy atom. The zero-order chi connectivity index (χ0) is 19.5. The van der Waals surface area contributed by atoms with E-state index in [2.05, 4.69) is 32.9 Å². The molecule has 26 heavy (non-hydrogen) atoms. The second kappa shape index (κ2) is 8.02.